The fourth-order valence-corrected chi connectivity index (χ4v) is 7.07. The molecule has 0 aliphatic carbocycles. The predicted octanol–water partition coefficient (Wildman–Crippen LogP) is 4.52. The molecule has 0 saturated carbocycles. The van der Waals surface area contributed by atoms with Crippen LogP contribution < -0.4 is 15.3 Å². The molecule has 3 aliphatic rings. The predicted molar refractivity (Wildman–Crippen MR) is 158 cm³/mol. The van der Waals surface area contributed by atoms with E-state index >= 15 is 0 Å². The fourth-order valence-electron chi connectivity index (χ4n) is 7.07. The van der Waals surface area contributed by atoms with Gasteiger partial charge in [-0.3, -0.25) is 4.90 Å². The van der Waals surface area contributed by atoms with Crippen LogP contribution in [0.4, 0.5) is 5.82 Å². The van der Waals surface area contributed by atoms with Crippen molar-refractivity contribution in [3.05, 3.63) is 51.9 Å². The second-order valence-corrected chi connectivity index (χ2v) is 11.6. The van der Waals surface area contributed by atoms with Crippen molar-refractivity contribution in [2.45, 2.75) is 44.6 Å². The highest BCUT2D eigenvalue weighted by molar-refractivity contribution is 6.03. The van der Waals surface area contributed by atoms with Crippen molar-refractivity contribution in [1.29, 1.82) is 5.26 Å². The first-order valence-corrected chi connectivity index (χ1v) is 14.7. The molecule has 0 amide bonds. The van der Waals surface area contributed by atoms with Crippen molar-refractivity contribution in [2.24, 2.45) is 0 Å². The number of rotatable bonds is 5. The summed E-state index contributed by atoms with van der Waals surface area (Å²) in [5.41, 5.74) is 1.34. The Hall–Kier alpha value is -4.20. The van der Waals surface area contributed by atoms with E-state index in [1.54, 1.807) is 18.2 Å². The summed E-state index contributed by atoms with van der Waals surface area (Å²) in [6, 6.07) is 10.9. The minimum absolute atomic E-state index is 0.00337. The van der Waals surface area contributed by atoms with E-state index in [0.29, 0.717) is 71.7 Å². The maximum Gasteiger partial charge on any atom is 0.349 e. The Labute approximate surface area is 243 Å². The first-order valence-electron chi connectivity index (χ1n) is 14.7. The van der Waals surface area contributed by atoms with E-state index in [1.165, 1.54) is 6.07 Å². The maximum absolute atomic E-state index is 13.8. The van der Waals surface area contributed by atoms with Crippen LogP contribution in [0.15, 0.2) is 39.5 Å². The Morgan fingerprint density at radius 1 is 1.07 bits per heavy atom. The van der Waals surface area contributed by atoms with Gasteiger partial charge < -0.3 is 23.9 Å². The van der Waals surface area contributed by atoms with E-state index < -0.39 is 5.63 Å². The summed E-state index contributed by atoms with van der Waals surface area (Å²) in [5.74, 6) is 0.737. The highest BCUT2D eigenvalue weighted by Crippen LogP contribution is 2.41. The summed E-state index contributed by atoms with van der Waals surface area (Å²) in [6.45, 7) is 6.93. The monoisotopic (exact) mass is 567 g/mol. The Morgan fingerprint density at radius 2 is 1.90 bits per heavy atom. The SMILES string of the molecule is Cc1c(-c2cc(O)cc3cccc(C#N)c23)oc(=O)c2c(N3CCCOCC3)nc(OCC34CCCN3CCC4)nc12. The van der Waals surface area contributed by atoms with Gasteiger partial charge >= 0.3 is 11.6 Å². The molecule has 0 bridgehead atoms. The number of hydrogen-bond acceptors (Lipinski definition) is 10. The standard InChI is InChI=1S/C32H33N5O5/c1-20-27-26(30(39)42-28(20)24-17-23(38)16-21-6-2-7-22(18-33)25(21)24)29(36-10-5-14-40-15-13-36)35-31(34-27)41-19-32-8-3-11-37(32)12-4-9-32/h2,6-7,16-17,38H,3-5,8-15,19H2,1H3. The molecule has 2 aromatic heterocycles. The van der Waals surface area contributed by atoms with Gasteiger partial charge in [0.1, 0.15) is 23.5 Å². The second kappa shape index (κ2) is 10.6. The Balaban J connectivity index is 1.41. The molecule has 42 heavy (non-hydrogen) atoms. The molecule has 0 atom stereocenters. The molecule has 3 fully saturated rings. The van der Waals surface area contributed by atoms with Gasteiger partial charge in [0.2, 0.25) is 0 Å². The van der Waals surface area contributed by atoms with E-state index in [2.05, 4.69) is 11.0 Å². The molecule has 10 heteroatoms. The van der Waals surface area contributed by atoms with Gasteiger partial charge in [0.15, 0.2) is 5.82 Å². The highest BCUT2D eigenvalue weighted by atomic mass is 16.5. The number of benzene rings is 2. The molecule has 1 N–H and O–H groups in total. The molecule has 7 rings (SSSR count). The number of aromatic nitrogens is 2. The average Bonchev–Trinajstić information content (AvgIpc) is 3.46. The minimum atomic E-state index is -0.584. The van der Waals surface area contributed by atoms with E-state index in [1.807, 2.05) is 17.9 Å². The summed E-state index contributed by atoms with van der Waals surface area (Å²) < 4.78 is 18.1. The van der Waals surface area contributed by atoms with Crippen LogP contribution in [0, 0.1) is 18.3 Å². The number of nitriles is 1. The van der Waals surface area contributed by atoms with Gasteiger partial charge in [0, 0.05) is 36.2 Å². The van der Waals surface area contributed by atoms with Crippen molar-refractivity contribution in [2.75, 3.05) is 50.9 Å². The molecule has 0 radical (unpaired) electrons. The molecule has 10 nitrogen and oxygen atoms in total. The normalized spacial score (nSPS) is 18.7. The van der Waals surface area contributed by atoms with Crippen LogP contribution in [-0.4, -0.2) is 71.5 Å². The molecule has 2 aromatic carbocycles. The lowest BCUT2D eigenvalue weighted by Crippen LogP contribution is -2.43. The van der Waals surface area contributed by atoms with Crippen molar-refractivity contribution >= 4 is 27.5 Å². The summed E-state index contributed by atoms with van der Waals surface area (Å²) in [4.78, 5) is 28.0. The van der Waals surface area contributed by atoms with Gasteiger partial charge in [-0.2, -0.15) is 15.2 Å². The zero-order chi connectivity index (χ0) is 28.8. The van der Waals surface area contributed by atoms with E-state index in [-0.39, 0.29) is 28.4 Å². The first-order chi connectivity index (χ1) is 20.5. The molecule has 3 saturated heterocycles. The second-order valence-electron chi connectivity index (χ2n) is 11.6. The van der Waals surface area contributed by atoms with Crippen LogP contribution >= 0.6 is 0 Å². The molecule has 4 aromatic rings. The number of phenols is 1. The lowest BCUT2D eigenvalue weighted by molar-refractivity contribution is 0.108. The van der Waals surface area contributed by atoms with Gasteiger partial charge in [-0.25, -0.2) is 4.79 Å². The average molecular weight is 568 g/mol. The first kappa shape index (κ1) is 26.7. The summed E-state index contributed by atoms with van der Waals surface area (Å²) in [5, 5.41) is 22.0. The largest absolute Gasteiger partial charge is 0.508 e. The number of nitrogens with zero attached hydrogens (tertiary/aromatic N) is 5. The number of fused-ring (bicyclic) bond motifs is 3. The topological polar surface area (TPSA) is 125 Å². The van der Waals surface area contributed by atoms with Crippen LogP contribution in [-0.2, 0) is 4.74 Å². The van der Waals surface area contributed by atoms with Crippen molar-refractivity contribution in [1.82, 2.24) is 14.9 Å². The molecular formula is C32H33N5O5. The van der Waals surface area contributed by atoms with Gasteiger partial charge in [-0.15, -0.1) is 0 Å². The Kier molecular flexibility index (Phi) is 6.72. The van der Waals surface area contributed by atoms with E-state index in [4.69, 9.17) is 23.9 Å². The highest BCUT2D eigenvalue weighted by Gasteiger charge is 2.45. The smallest absolute Gasteiger partial charge is 0.349 e. The van der Waals surface area contributed by atoms with Gasteiger partial charge in [0.25, 0.3) is 0 Å². The lowest BCUT2D eigenvalue weighted by Gasteiger charge is -2.31. The number of hydrogen-bond donors (Lipinski definition) is 1. The summed E-state index contributed by atoms with van der Waals surface area (Å²) >= 11 is 0. The summed E-state index contributed by atoms with van der Waals surface area (Å²) in [6.07, 6.45) is 5.30. The fraction of sp³-hybridized carbons (Fsp3) is 0.438. The quantitative estimate of drug-likeness (QED) is 0.368. The Bertz CT molecular complexity index is 1780. The molecule has 0 spiro atoms. The van der Waals surface area contributed by atoms with E-state index in [0.717, 1.165) is 45.2 Å². The summed E-state index contributed by atoms with van der Waals surface area (Å²) in [7, 11) is 0. The van der Waals surface area contributed by atoms with Crippen LogP contribution in [0.25, 0.3) is 33.0 Å². The molecular weight excluding hydrogens is 534 g/mol. The van der Waals surface area contributed by atoms with Crippen molar-refractivity contribution in [3.63, 3.8) is 0 Å². The van der Waals surface area contributed by atoms with Crippen molar-refractivity contribution < 1.29 is 19.0 Å². The molecule has 5 heterocycles. The third-order valence-corrected chi connectivity index (χ3v) is 9.09. The molecule has 216 valence electrons. The van der Waals surface area contributed by atoms with Crippen molar-refractivity contribution in [3.8, 4) is 29.2 Å². The third kappa shape index (κ3) is 4.44. The van der Waals surface area contributed by atoms with Gasteiger partial charge in [0.05, 0.1) is 29.3 Å². The lowest BCUT2D eigenvalue weighted by atomic mass is 9.95. The number of phenolic OH excluding ortho intramolecular Hbond substituents is 1. The van der Waals surface area contributed by atoms with Crippen LogP contribution in [0.2, 0.25) is 0 Å². The van der Waals surface area contributed by atoms with Gasteiger partial charge in [-0.05, 0) is 75.7 Å². The number of anilines is 1. The molecule has 3 aliphatic heterocycles. The molecule has 0 unspecified atom stereocenters. The number of aromatic hydroxyl groups is 1. The zero-order valence-electron chi connectivity index (χ0n) is 23.7. The van der Waals surface area contributed by atoms with Gasteiger partial charge in [-0.1, -0.05) is 12.1 Å². The number of ether oxygens (including phenoxy) is 2. The van der Waals surface area contributed by atoms with Crippen LogP contribution in [0.5, 0.6) is 11.8 Å². The van der Waals surface area contributed by atoms with Crippen LogP contribution in [0.3, 0.4) is 0 Å². The van der Waals surface area contributed by atoms with E-state index in [9.17, 15) is 15.2 Å². The van der Waals surface area contributed by atoms with Crippen LogP contribution in [0.1, 0.15) is 43.2 Å². The minimum Gasteiger partial charge on any atom is -0.508 e. The maximum atomic E-state index is 13.8. The Morgan fingerprint density at radius 3 is 2.71 bits per heavy atom. The zero-order valence-corrected chi connectivity index (χ0v) is 23.7. The third-order valence-electron chi connectivity index (χ3n) is 9.09. The number of aryl methyl sites for hydroxylation is 1.